The average Bonchev–Trinajstić information content (AvgIpc) is 1.69. The first-order valence-electron chi connectivity index (χ1n) is 2.38. The smallest absolute Gasteiger partial charge is 0.0208 e. The van der Waals surface area contributed by atoms with Gasteiger partial charge in [-0.05, 0) is 19.4 Å². The minimum absolute atomic E-state index is 0.933. The fraction of sp³-hybridized carbons (Fsp3) is 0.286. The van der Waals surface area contributed by atoms with E-state index in [0.29, 0.717) is 0 Å². The number of rotatable bonds is 0. The lowest BCUT2D eigenvalue weighted by Crippen LogP contribution is -1.78. The second-order valence-corrected chi connectivity index (χ2v) is 1.62. The summed E-state index contributed by atoms with van der Waals surface area (Å²) in [5, 5.41) is 0. The quantitative estimate of drug-likeness (QED) is 0.426. The summed E-state index contributed by atoms with van der Waals surface area (Å²) in [5.74, 6) is 0. The first kappa shape index (κ1) is 4.63. The van der Waals surface area contributed by atoms with Crippen molar-refractivity contribution in [1.29, 1.82) is 0 Å². The average molecular weight is 91.1 g/mol. The summed E-state index contributed by atoms with van der Waals surface area (Å²) in [6.45, 7) is 2.06. The van der Waals surface area contributed by atoms with Crippen molar-refractivity contribution in [2.45, 2.75) is 13.3 Å². The molecule has 7 heavy (non-hydrogen) atoms. The lowest BCUT2D eigenvalue weighted by molar-refractivity contribution is 1.20. The summed E-state index contributed by atoms with van der Waals surface area (Å²) in [6, 6.07) is 0. The van der Waals surface area contributed by atoms with E-state index in [-0.39, 0.29) is 0 Å². The van der Waals surface area contributed by atoms with E-state index in [9.17, 15) is 0 Å². The van der Waals surface area contributed by atoms with Crippen molar-refractivity contribution in [2.24, 2.45) is 0 Å². The summed E-state index contributed by atoms with van der Waals surface area (Å²) >= 11 is 0. The first-order chi connectivity index (χ1) is 3.39. The van der Waals surface area contributed by atoms with Crippen molar-refractivity contribution in [1.82, 2.24) is 0 Å². The molecular weight excluding hydrogens is 84.1 g/mol. The molecule has 0 heteroatoms. The lowest BCUT2D eigenvalue weighted by atomic mass is 10.1. The van der Waals surface area contributed by atoms with Crippen LogP contribution in [0.25, 0.3) is 0 Å². The minimum Gasteiger partial charge on any atom is -0.0806 e. The van der Waals surface area contributed by atoms with Crippen LogP contribution in [0, 0.1) is 12.5 Å². The Bertz CT molecular complexity index is 107. The van der Waals surface area contributed by atoms with E-state index in [1.54, 1.807) is 0 Å². The van der Waals surface area contributed by atoms with Crippen LogP contribution in [0.15, 0.2) is 17.7 Å². The third-order valence-electron chi connectivity index (χ3n) is 0.928. The molecule has 0 saturated heterocycles. The first-order valence-corrected chi connectivity index (χ1v) is 2.38. The van der Waals surface area contributed by atoms with Gasteiger partial charge in [-0.3, -0.25) is 0 Å². The summed E-state index contributed by atoms with van der Waals surface area (Å²) in [5.41, 5.74) is 1.29. The Balaban J connectivity index is 2.58. The Morgan fingerprint density at radius 1 is 1.71 bits per heavy atom. The highest BCUT2D eigenvalue weighted by atomic mass is 13.9. The monoisotopic (exact) mass is 91.1 g/mol. The van der Waals surface area contributed by atoms with E-state index in [1.807, 2.05) is 6.08 Å². The van der Waals surface area contributed by atoms with E-state index in [2.05, 4.69) is 25.5 Å². The molecule has 35 valence electrons. The predicted molar refractivity (Wildman–Crippen MR) is 29.4 cm³/mol. The zero-order valence-electron chi connectivity index (χ0n) is 4.36. The van der Waals surface area contributed by atoms with Gasteiger partial charge in [0.25, 0.3) is 0 Å². The van der Waals surface area contributed by atoms with Crippen molar-refractivity contribution >= 4 is 0 Å². The van der Waals surface area contributed by atoms with E-state index in [1.165, 1.54) is 5.57 Å². The molecule has 0 bridgehead atoms. The number of hydrogen-bond acceptors (Lipinski definition) is 0. The van der Waals surface area contributed by atoms with Gasteiger partial charge in [-0.15, -0.1) is 0 Å². The highest BCUT2D eigenvalue weighted by molar-refractivity contribution is 5.20. The molecule has 0 aliphatic heterocycles. The number of allylic oxidation sites excluding steroid dienone is 4. The second kappa shape index (κ2) is 1.97. The molecule has 0 N–H and O–H groups in total. The maximum atomic E-state index is 2.93. The molecule has 0 aromatic carbocycles. The van der Waals surface area contributed by atoms with Crippen LogP contribution in [0.4, 0.5) is 0 Å². The minimum atomic E-state index is 0.933. The molecule has 0 aromatic heterocycles. The Labute approximate surface area is 44.5 Å². The summed E-state index contributed by atoms with van der Waals surface area (Å²) in [7, 11) is 0. The largest absolute Gasteiger partial charge is 0.0806 e. The SMILES string of the molecule is CC1=CC[C][C]=C1. The highest BCUT2D eigenvalue weighted by Gasteiger charge is 1.88. The van der Waals surface area contributed by atoms with Gasteiger partial charge in [0.15, 0.2) is 0 Å². The van der Waals surface area contributed by atoms with E-state index < -0.39 is 0 Å². The maximum absolute atomic E-state index is 2.93. The fourth-order valence-electron chi connectivity index (χ4n) is 0.495. The Kier molecular flexibility index (Phi) is 1.30. The normalized spacial score (nSPS) is 19.3. The summed E-state index contributed by atoms with van der Waals surface area (Å²) in [6.07, 6.45) is 10.8. The van der Waals surface area contributed by atoms with E-state index in [4.69, 9.17) is 0 Å². The van der Waals surface area contributed by atoms with Gasteiger partial charge >= 0.3 is 0 Å². The molecule has 0 atom stereocenters. The van der Waals surface area contributed by atoms with E-state index >= 15 is 0 Å². The van der Waals surface area contributed by atoms with Crippen molar-refractivity contribution in [3.8, 4) is 0 Å². The molecule has 0 nitrogen and oxygen atoms in total. The molecule has 0 heterocycles. The third kappa shape index (κ3) is 1.19. The molecule has 0 amide bonds. The fourth-order valence-corrected chi connectivity index (χ4v) is 0.495. The van der Waals surface area contributed by atoms with Crippen LogP contribution >= 0.6 is 0 Å². The van der Waals surface area contributed by atoms with Crippen LogP contribution in [-0.4, -0.2) is 0 Å². The van der Waals surface area contributed by atoms with Gasteiger partial charge in [-0.25, -0.2) is 0 Å². The maximum Gasteiger partial charge on any atom is 0.0208 e. The van der Waals surface area contributed by atoms with Crippen LogP contribution < -0.4 is 0 Å². The Morgan fingerprint density at radius 3 is 2.86 bits per heavy atom. The highest BCUT2D eigenvalue weighted by Crippen LogP contribution is 2.05. The predicted octanol–water partition coefficient (Wildman–Crippen LogP) is 1.78. The summed E-state index contributed by atoms with van der Waals surface area (Å²) < 4.78 is 0. The third-order valence-corrected chi connectivity index (χ3v) is 0.928. The lowest BCUT2D eigenvalue weighted by Gasteiger charge is -1.95. The Hall–Kier alpha value is -0.520. The molecule has 0 aromatic rings. The molecule has 0 saturated carbocycles. The molecule has 0 spiro atoms. The molecule has 1 aliphatic rings. The molecule has 0 unspecified atom stereocenters. The van der Waals surface area contributed by atoms with Gasteiger partial charge in [0.2, 0.25) is 0 Å². The Morgan fingerprint density at radius 2 is 2.57 bits per heavy atom. The topological polar surface area (TPSA) is 0 Å². The van der Waals surface area contributed by atoms with Crippen LogP contribution in [0.1, 0.15) is 13.3 Å². The van der Waals surface area contributed by atoms with Crippen molar-refractivity contribution in [3.05, 3.63) is 30.2 Å². The van der Waals surface area contributed by atoms with Gasteiger partial charge in [-0.1, -0.05) is 17.7 Å². The zero-order valence-corrected chi connectivity index (χ0v) is 4.36. The van der Waals surface area contributed by atoms with Gasteiger partial charge in [0, 0.05) is 6.42 Å². The number of hydrogen-bond donors (Lipinski definition) is 0. The molecule has 3 radical (unpaired) electrons. The van der Waals surface area contributed by atoms with Crippen molar-refractivity contribution in [2.75, 3.05) is 0 Å². The van der Waals surface area contributed by atoms with Crippen molar-refractivity contribution in [3.63, 3.8) is 0 Å². The van der Waals surface area contributed by atoms with Crippen LogP contribution in [0.3, 0.4) is 0 Å². The van der Waals surface area contributed by atoms with Gasteiger partial charge in [0.05, 0.1) is 0 Å². The second-order valence-electron chi connectivity index (χ2n) is 1.62. The molecule has 0 fully saturated rings. The van der Waals surface area contributed by atoms with Gasteiger partial charge < -0.3 is 0 Å². The van der Waals surface area contributed by atoms with Crippen LogP contribution in [-0.2, 0) is 0 Å². The summed E-state index contributed by atoms with van der Waals surface area (Å²) in [4.78, 5) is 0. The van der Waals surface area contributed by atoms with Gasteiger partial charge in [0.1, 0.15) is 0 Å². The van der Waals surface area contributed by atoms with Crippen molar-refractivity contribution < 1.29 is 0 Å². The van der Waals surface area contributed by atoms with Crippen LogP contribution in [0.5, 0.6) is 0 Å². The molecule has 1 aliphatic carbocycles. The molecule has 1 rings (SSSR count). The zero-order chi connectivity index (χ0) is 5.11. The standard InChI is InChI=1S/C7H7/c1-7-5-3-2-4-6-7/h5-6H,3H2,1H3. The van der Waals surface area contributed by atoms with Gasteiger partial charge in [-0.2, -0.15) is 0 Å². The molecular formula is C7H7. The van der Waals surface area contributed by atoms with Crippen LogP contribution in [0.2, 0.25) is 0 Å². The van der Waals surface area contributed by atoms with E-state index in [0.717, 1.165) is 6.42 Å².